The van der Waals surface area contributed by atoms with Crippen molar-refractivity contribution in [3.8, 4) is 0 Å². The van der Waals surface area contributed by atoms with Crippen LogP contribution in [0.4, 0.5) is 4.39 Å². The second-order valence-corrected chi connectivity index (χ2v) is 7.84. The molecule has 3 aliphatic rings. The molecule has 4 rings (SSSR count). The third-order valence-electron chi connectivity index (χ3n) is 6.22. The van der Waals surface area contributed by atoms with Gasteiger partial charge in [-0.1, -0.05) is 12.1 Å². The van der Waals surface area contributed by atoms with Gasteiger partial charge in [-0.2, -0.15) is 0 Å². The molecule has 0 N–H and O–H groups in total. The van der Waals surface area contributed by atoms with E-state index in [4.69, 9.17) is 4.74 Å². The van der Waals surface area contributed by atoms with Gasteiger partial charge in [-0.3, -0.25) is 14.5 Å². The summed E-state index contributed by atoms with van der Waals surface area (Å²) in [5.41, 5.74) is 0.121. The third-order valence-corrected chi connectivity index (χ3v) is 6.22. The summed E-state index contributed by atoms with van der Waals surface area (Å²) in [4.78, 5) is 31.7. The highest BCUT2D eigenvalue weighted by molar-refractivity contribution is 5.94. The predicted octanol–water partition coefficient (Wildman–Crippen LogP) is 1.75. The van der Waals surface area contributed by atoms with Crippen molar-refractivity contribution in [2.75, 3.05) is 45.9 Å². The van der Waals surface area contributed by atoms with E-state index in [2.05, 4.69) is 9.80 Å². The smallest absolute Gasteiger partial charge is 0.256 e. The number of piperazine rings is 1. The Morgan fingerprint density at radius 2 is 1.71 bits per heavy atom. The first kappa shape index (κ1) is 19.3. The molecule has 2 amide bonds. The summed E-state index contributed by atoms with van der Waals surface area (Å²) in [5.74, 6) is -0.520. The van der Waals surface area contributed by atoms with Gasteiger partial charge in [0.1, 0.15) is 5.82 Å². The summed E-state index contributed by atoms with van der Waals surface area (Å²) in [6, 6.07) is 6.31. The zero-order valence-corrected chi connectivity index (χ0v) is 16.2. The number of piperidine rings is 1. The van der Waals surface area contributed by atoms with E-state index in [9.17, 15) is 14.0 Å². The van der Waals surface area contributed by atoms with Crippen molar-refractivity contribution in [3.05, 3.63) is 35.6 Å². The molecule has 3 aliphatic heterocycles. The molecule has 0 aliphatic carbocycles. The van der Waals surface area contributed by atoms with Crippen molar-refractivity contribution < 1.29 is 18.7 Å². The van der Waals surface area contributed by atoms with E-state index in [0.29, 0.717) is 32.2 Å². The van der Waals surface area contributed by atoms with Gasteiger partial charge in [0.05, 0.1) is 11.6 Å². The molecule has 3 heterocycles. The Morgan fingerprint density at radius 1 is 1.00 bits per heavy atom. The Morgan fingerprint density at radius 3 is 2.43 bits per heavy atom. The minimum absolute atomic E-state index is 0.0951. The standard InChI is InChI=1S/C21H28FN3O3/c22-18-5-2-1-4-17(18)20(26)24-12-10-23(11-13-24)19-6-3-9-25(21(19)27)16-7-14-28-15-8-16/h1-2,4-5,16,19H,3,6-15H2/t19-/m1/s1. The van der Waals surface area contributed by atoms with Gasteiger partial charge in [0.2, 0.25) is 5.91 Å². The van der Waals surface area contributed by atoms with E-state index in [0.717, 1.165) is 45.4 Å². The maximum Gasteiger partial charge on any atom is 0.256 e. The third kappa shape index (κ3) is 3.91. The minimum atomic E-state index is -0.482. The largest absolute Gasteiger partial charge is 0.381 e. The zero-order valence-electron chi connectivity index (χ0n) is 16.2. The average molecular weight is 389 g/mol. The van der Waals surface area contributed by atoms with Gasteiger partial charge < -0.3 is 14.5 Å². The van der Waals surface area contributed by atoms with Crippen LogP contribution in [-0.4, -0.2) is 84.5 Å². The molecule has 0 saturated carbocycles. The highest BCUT2D eigenvalue weighted by Crippen LogP contribution is 2.25. The summed E-state index contributed by atoms with van der Waals surface area (Å²) in [6.45, 7) is 4.65. The predicted molar refractivity (Wildman–Crippen MR) is 102 cm³/mol. The molecule has 1 aromatic rings. The van der Waals surface area contributed by atoms with Crippen LogP contribution in [0, 0.1) is 5.82 Å². The van der Waals surface area contributed by atoms with Crippen LogP contribution >= 0.6 is 0 Å². The molecule has 1 aromatic carbocycles. The fraction of sp³-hybridized carbons (Fsp3) is 0.619. The number of halogens is 1. The lowest BCUT2D eigenvalue weighted by molar-refractivity contribution is -0.145. The topological polar surface area (TPSA) is 53.1 Å². The number of carbonyl (C=O) groups excluding carboxylic acids is 2. The Bertz CT molecular complexity index is 715. The van der Waals surface area contributed by atoms with Crippen LogP contribution < -0.4 is 0 Å². The van der Waals surface area contributed by atoms with Gasteiger partial charge in [0.15, 0.2) is 0 Å². The summed E-state index contributed by atoms with van der Waals surface area (Å²) in [7, 11) is 0. The van der Waals surface area contributed by atoms with Crippen molar-refractivity contribution in [3.63, 3.8) is 0 Å². The summed E-state index contributed by atoms with van der Waals surface area (Å²) in [5, 5.41) is 0. The number of ether oxygens (including phenoxy) is 1. The second kappa shape index (κ2) is 8.57. The van der Waals surface area contributed by atoms with Gasteiger partial charge in [0.25, 0.3) is 5.91 Å². The molecule has 0 unspecified atom stereocenters. The van der Waals surface area contributed by atoms with Gasteiger partial charge >= 0.3 is 0 Å². The van der Waals surface area contributed by atoms with Crippen LogP contribution in [0.25, 0.3) is 0 Å². The van der Waals surface area contributed by atoms with E-state index in [1.807, 2.05) is 0 Å². The SMILES string of the molecule is O=C(c1ccccc1F)N1CCN([C@@H]2CCCN(C3CCOCC3)C2=O)CC1. The molecule has 3 fully saturated rings. The fourth-order valence-electron chi connectivity index (χ4n) is 4.62. The number of rotatable bonds is 3. The number of nitrogens with zero attached hydrogens (tertiary/aromatic N) is 3. The molecule has 3 saturated heterocycles. The highest BCUT2D eigenvalue weighted by Gasteiger charge is 2.38. The molecule has 0 bridgehead atoms. The van der Waals surface area contributed by atoms with Gasteiger partial charge in [-0.05, 0) is 37.8 Å². The molecule has 0 aromatic heterocycles. The van der Waals surface area contributed by atoms with Gasteiger partial charge in [-0.25, -0.2) is 4.39 Å². The highest BCUT2D eigenvalue weighted by atomic mass is 19.1. The number of benzene rings is 1. The number of amides is 2. The van der Waals surface area contributed by atoms with E-state index in [1.54, 1.807) is 17.0 Å². The Kier molecular flexibility index (Phi) is 5.92. The van der Waals surface area contributed by atoms with Crippen LogP contribution in [0.5, 0.6) is 0 Å². The number of likely N-dealkylation sites (tertiary alicyclic amines) is 1. The maximum atomic E-state index is 13.9. The molecule has 152 valence electrons. The Hall–Kier alpha value is -1.99. The van der Waals surface area contributed by atoms with Crippen molar-refractivity contribution >= 4 is 11.8 Å². The van der Waals surface area contributed by atoms with Crippen molar-refractivity contribution in [1.82, 2.24) is 14.7 Å². The summed E-state index contributed by atoms with van der Waals surface area (Å²) < 4.78 is 19.4. The molecule has 7 heteroatoms. The quantitative estimate of drug-likeness (QED) is 0.791. The Balaban J connectivity index is 1.36. The first-order valence-electron chi connectivity index (χ1n) is 10.3. The first-order valence-corrected chi connectivity index (χ1v) is 10.3. The number of hydrogen-bond donors (Lipinski definition) is 0. The number of hydrogen-bond acceptors (Lipinski definition) is 4. The van der Waals surface area contributed by atoms with Crippen LogP contribution in [0.15, 0.2) is 24.3 Å². The van der Waals surface area contributed by atoms with E-state index >= 15 is 0 Å². The first-order chi connectivity index (χ1) is 13.6. The monoisotopic (exact) mass is 389 g/mol. The van der Waals surface area contributed by atoms with E-state index in [1.165, 1.54) is 12.1 Å². The molecule has 28 heavy (non-hydrogen) atoms. The molecular weight excluding hydrogens is 361 g/mol. The van der Waals surface area contributed by atoms with E-state index < -0.39 is 5.82 Å². The molecule has 0 spiro atoms. The minimum Gasteiger partial charge on any atom is -0.381 e. The normalized spacial score (nSPS) is 25.2. The molecule has 6 nitrogen and oxygen atoms in total. The van der Waals surface area contributed by atoms with Crippen LogP contribution in [-0.2, 0) is 9.53 Å². The lowest BCUT2D eigenvalue weighted by Gasteiger charge is -2.45. The van der Waals surface area contributed by atoms with Crippen molar-refractivity contribution in [1.29, 1.82) is 0 Å². The summed E-state index contributed by atoms with van der Waals surface area (Å²) in [6.07, 6.45) is 3.73. The zero-order chi connectivity index (χ0) is 19.5. The maximum absolute atomic E-state index is 13.9. The van der Waals surface area contributed by atoms with Crippen molar-refractivity contribution in [2.45, 2.75) is 37.8 Å². The van der Waals surface area contributed by atoms with Crippen molar-refractivity contribution in [2.24, 2.45) is 0 Å². The molecule has 0 radical (unpaired) electrons. The van der Waals surface area contributed by atoms with Crippen LogP contribution in [0.1, 0.15) is 36.0 Å². The fourth-order valence-corrected chi connectivity index (χ4v) is 4.62. The Labute approximate surface area is 165 Å². The molecule has 1 atom stereocenters. The second-order valence-electron chi connectivity index (χ2n) is 7.84. The van der Waals surface area contributed by atoms with Gasteiger partial charge in [-0.15, -0.1) is 0 Å². The lowest BCUT2D eigenvalue weighted by atomic mass is 9.97. The van der Waals surface area contributed by atoms with Crippen LogP contribution in [0.3, 0.4) is 0 Å². The molecular formula is C21H28FN3O3. The van der Waals surface area contributed by atoms with Crippen LogP contribution in [0.2, 0.25) is 0 Å². The van der Waals surface area contributed by atoms with E-state index in [-0.39, 0.29) is 23.4 Å². The lowest BCUT2D eigenvalue weighted by Crippen LogP contribution is -2.60. The average Bonchev–Trinajstić information content (AvgIpc) is 2.75. The van der Waals surface area contributed by atoms with Gasteiger partial charge in [0, 0.05) is 52.0 Å². The summed E-state index contributed by atoms with van der Waals surface area (Å²) >= 11 is 0. The number of carbonyl (C=O) groups is 2.